The third-order valence-electron chi connectivity index (χ3n) is 2.20. The quantitative estimate of drug-likeness (QED) is 0.832. The van der Waals surface area contributed by atoms with E-state index in [1.54, 1.807) is 6.07 Å². The number of aryl methyl sites for hydroxylation is 1. The number of aromatic carboxylic acids is 1. The van der Waals surface area contributed by atoms with Gasteiger partial charge in [-0.25, -0.2) is 4.79 Å². The van der Waals surface area contributed by atoms with Crippen LogP contribution in [0.25, 0.3) is 0 Å². The van der Waals surface area contributed by atoms with Crippen LogP contribution in [0, 0.1) is 0 Å². The number of benzene rings is 1. The molecule has 0 unspecified atom stereocenters. The normalized spacial score (nSPS) is 13.4. The van der Waals surface area contributed by atoms with Crippen LogP contribution in [-0.4, -0.2) is 17.7 Å². The Morgan fingerprint density at radius 1 is 1.47 bits per heavy atom. The zero-order valence-corrected chi connectivity index (χ0v) is 9.40. The Kier molecular flexibility index (Phi) is 3.83. The van der Waals surface area contributed by atoms with Crippen molar-refractivity contribution in [3.8, 4) is 5.75 Å². The SMILES string of the molecule is Cl.O=C(O)c1cc(Cl)cc2c1OCCC2. The number of halogens is 2. The van der Waals surface area contributed by atoms with Crippen LogP contribution in [-0.2, 0) is 6.42 Å². The van der Waals surface area contributed by atoms with Crippen molar-refractivity contribution in [1.82, 2.24) is 0 Å². The highest BCUT2D eigenvalue weighted by molar-refractivity contribution is 6.31. The standard InChI is InChI=1S/C10H9ClO3.ClH/c11-7-4-6-2-1-3-14-9(6)8(5-7)10(12)13;/h4-5H,1-3H2,(H,12,13);1H. The van der Waals surface area contributed by atoms with Crippen molar-refractivity contribution in [2.24, 2.45) is 0 Å². The number of carbonyl (C=O) groups is 1. The van der Waals surface area contributed by atoms with Gasteiger partial charge in [0.05, 0.1) is 6.61 Å². The predicted octanol–water partition coefficient (Wildman–Crippen LogP) is 2.79. The molecule has 1 aliphatic heterocycles. The molecule has 82 valence electrons. The van der Waals surface area contributed by atoms with Crippen molar-refractivity contribution >= 4 is 30.0 Å². The Morgan fingerprint density at radius 3 is 2.87 bits per heavy atom. The molecule has 5 heteroatoms. The van der Waals surface area contributed by atoms with Crippen LogP contribution in [0.4, 0.5) is 0 Å². The van der Waals surface area contributed by atoms with E-state index in [0.29, 0.717) is 17.4 Å². The summed E-state index contributed by atoms with van der Waals surface area (Å²) >= 11 is 5.81. The highest BCUT2D eigenvalue weighted by Crippen LogP contribution is 2.32. The first-order valence-corrected chi connectivity index (χ1v) is 4.75. The van der Waals surface area contributed by atoms with Crippen molar-refractivity contribution < 1.29 is 14.6 Å². The van der Waals surface area contributed by atoms with Gasteiger partial charge in [0.1, 0.15) is 11.3 Å². The van der Waals surface area contributed by atoms with Gasteiger partial charge in [-0.3, -0.25) is 0 Å². The first-order chi connectivity index (χ1) is 6.68. The minimum atomic E-state index is -0.995. The van der Waals surface area contributed by atoms with Crippen LogP contribution in [0.3, 0.4) is 0 Å². The average molecular weight is 249 g/mol. The third kappa shape index (κ3) is 2.36. The van der Waals surface area contributed by atoms with Crippen LogP contribution in [0.5, 0.6) is 5.75 Å². The summed E-state index contributed by atoms with van der Waals surface area (Å²) in [6, 6.07) is 3.19. The van der Waals surface area contributed by atoms with Crippen LogP contribution >= 0.6 is 24.0 Å². The van der Waals surface area contributed by atoms with E-state index in [9.17, 15) is 4.79 Å². The average Bonchev–Trinajstić information content (AvgIpc) is 2.16. The molecule has 2 rings (SSSR count). The molecule has 0 amide bonds. The van der Waals surface area contributed by atoms with Gasteiger partial charge >= 0.3 is 5.97 Å². The second-order valence-corrected chi connectivity index (χ2v) is 3.64. The maximum absolute atomic E-state index is 10.9. The van der Waals surface area contributed by atoms with Gasteiger partial charge in [-0.05, 0) is 30.5 Å². The van der Waals surface area contributed by atoms with Gasteiger partial charge in [-0.1, -0.05) is 11.6 Å². The summed E-state index contributed by atoms with van der Waals surface area (Å²) in [5.74, 6) is -0.515. The fourth-order valence-electron chi connectivity index (χ4n) is 1.60. The molecule has 1 aliphatic rings. The van der Waals surface area contributed by atoms with Crippen LogP contribution in [0.15, 0.2) is 12.1 Å². The van der Waals surface area contributed by atoms with Gasteiger partial charge in [0.15, 0.2) is 0 Å². The van der Waals surface area contributed by atoms with E-state index in [1.165, 1.54) is 6.07 Å². The smallest absolute Gasteiger partial charge is 0.339 e. The number of carboxylic acid groups (broad SMARTS) is 1. The second kappa shape index (κ2) is 4.73. The summed E-state index contributed by atoms with van der Waals surface area (Å²) in [5, 5.41) is 9.38. The molecule has 0 saturated heterocycles. The lowest BCUT2D eigenvalue weighted by Gasteiger charge is -2.19. The molecule has 0 spiro atoms. The van der Waals surface area contributed by atoms with Crippen LogP contribution < -0.4 is 4.74 Å². The number of hydrogen-bond acceptors (Lipinski definition) is 2. The van der Waals surface area contributed by atoms with E-state index in [4.69, 9.17) is 21.4 Å². The first-order valence-electron chi connectivity index (χ1n) is 4.37. The van der Waals surface area contributed by atoms with E-state index >= 15 is 0 Å². The highest BCUT2D eigenvalue weighted by atomic mass is 35.5. The fraction of sp³-hybridized carbons (Fsp3) is 0.300. The van der Waals surface area contributed by atoms with Crippen molar-refractivity contribution in [2.75, 3.05) is 6.61 Å². The Labute approximate surface area is 98.4 Å². The van der Waals surface area contributed by atoms with E-state index in [2.05, 4.69) is 0 Å². The molecular formula is C10H10Cl2O3. The largest absolute Gasteiger partial charge is 0.492 e. The van der Waals surface area contributed by atoms with Crippen LogP contribution in [0.2, 0.25) is 5.02 Å². The summed E-state index contributed by atoms with van der Waals surface area (Å²) < 4.78 is 5.33. The van der Waals surface area contributed by atoms with Crippen LogP contribution in [0.1, 0.15) is 22.3 Å². The predicted molar refractivity (Wildman–Crippen MR) is 59.5 cm³/mol. The Balaban J connectivity index is 0.00000112. The minimum absolute atomic E-state index is 0. The molecule has 0 aliphatic carbocycles. The Morgan fingerprint density at radius 2 is 2.20 bits per heavy atom. The number of carboxylic acids is 1. The minimum Gasteiger partial charge on any atom is -0.492 e. The number of fused-ring (bicyclic) bond motifs is 1. The molecule has 1 aromatic carbocycles. The first kappa shape index (κ1) is 12.1. The monoisotopic (exact) mass is 248 g/mol. The summed E-state index contributed by atoms with van der Waals surface area (Å²) in [4.78, 5) is 10.9. The van der Waals surface area contributed by atoms with Crippen molar-refractivity contribution in [3.63, 3.8) is 0 Å². The maximum Gasteiger partial charge on any atom is 0.339 e. The molecule has 0 saturated carbocycles. The number of hydrogen-bond donors (Lipinski definition) is 1. The van der Waals surface area contributed by atoms with Gasteiger partial charge in [0.25, 0.3) is 0 Å². The molecular weight excluding hydrogens is 239 g/mol. The third-order valence-corrected chi connectivity index (χ3v) is 2.42. The summed E-state index contributed by atoms with van der Waals surface area (Å²) in [5.41, 5.74) is 1.05. The lowest BCUT2D eigenvalue weighted by molar-refractivity contribution is 0.0691. The van der Waals surface area contributed by atoms with Crippen molar-refractivity contribution in [2.45, 2.75) is 12.8 Å². The fourth-order valence-corrected chi connectivity index (χ4v) is 1.84. The lowest BCUT2D eigenvalue weighted by atomic mass is 10.0. The second-order valence-electron chi connectivity index (χ2n) is 3.20. The maximum atomic E-state index is 10.9. The molecule has 1 N–H and O–H groups in total. The molecule has 1 heterocycles. The molecule has 0 radical (unpaired) electrons. The molecule has 0 bridgehead atoms. The van der Waals surface area contributed by atoms with E-state index in [0.717, 1.165) is 18.4 Å². The summed E-state index contributed by atoms with van der Waals surface area (Å²) in [7, 11) is 0. The molecule has 1 aromatic rings. The van der Waals surface area contributed by atoms with E-state index < -0.39 is 5.97 Å². The van der Waals surface area contributed by atoms with Gasteiger partial charge in [-0.2, -0.15) is 0 Å². The molecule has 0 aromatic heterocycles. The molecule has 0 atom stereocenters. The zero-order chi connectivity index (χ0) is 10.1. The van der Waals surface area contributed by atoms with E-state index in [1.807, 2.05) is 0 Å². The molecule has 0 fully saturated rings. The Hall–Kier alpha value is -0.930. The topological polar surface area (TPSA) is 46.5 Å². The summed E-state index contributed by atoms with van der Waals surface area (Å²) in [6.07, 6.45) is 1.74. The van der Waals surface area contributed by atoms with Gasteiger partial charge in [0, 0.05) is 5.02 Å². The molecule has 15 heavy (non-hydrogen) atoms. The number of ether oxygens (including phenoxy) is 1. The van der Waals surface area contributed by atoms with Gasteiger partial charge in [0.2, 0.25) is 0 Å². The number of rotatable bonds is 1. The highest BCUT2D eigenvalue weighted by Gasteiger charge is 2.19. The van der Waals surface area contributed by atoms with Crippen molar-refractivity contribution in [1.29, 1.82) is 0 Å². The van der Waals surface area contributed by atoms with Gasteiger partial charge in [-0.15, -0.1) is 12.4 Å². The lowest BCUT2D eigenvalue weighted by Crippen LogP contribution is -2.12. The van der Waals surface area contributed by atoms with E-state index in [-0.39, 0.29) is 18.0 Å². The van der Waals surface area contributed by atoms with Crippen molar-refractivity contribution in [3.05, 3.63) is 28.3 Å². The molecule has 3 nitrogen and oxygen atoms in total. The van der Waals surface area contributed by atoms with Gasteiger partial charge < -0.3 is 9.84 Å². The Bertz CT molecular complexity index is 390. The summed E-state index contributed by atoms with van der Waals surface area (Å²) in [6.45, 7) is 0.578. The zero-order valence-electron chi connectivity index (χ0n) is 7.83.